The van der Waals surface area contributed by atoms with Gasteiger partial charge in [-0.1, -0.05) is 44.7 Å². The summed E-state index contributed by atoms with van der Waals surface area (Å²) in [6.45, 7) is 5.03. The number of aryl methyl sites for hydroxylation is 1. The molecule has 4 aromatic rings. The number of fused-ring (bicyclic) bond motifs is 5. The standard InChI is InChI=1S/C36H41N3O4/c1-3-4-8-24-11-13-30-31(19-24)39-22-27(35-33(37-23-43-35)36(40)38-15-17-42-18-16-38)20-26-21-28(41-2)12-14-29(26)34(39)32(30)25-9-6-5-7-10-25/h11-14,19-21,23,25H,3-10,15-18,22H2,1-2H3. The van der Waals surface area contributed by atoms with Gasteiger partial charge in [-0.3, -0.25) is 4.79 Å². The molecule has 2 aromatic heterocycles. The first-order chi connectivity index (χ1) is 21.2. The van der Waals surface area contributed by atoms with E-state index in [-0.39, 0.29) is 5.91 Å². The van der Waals surface area contributed by atoms with Crippen LogP contribution in [0.5, 0.6) is 5.75 Å². The fourth-order valence-corrected chi connectivity index (χ4v) is 7.30. The van der Waals surface area contributed by atoms with Crippen LogP contribution in [-0.2, 0) is 17.7 Å². The van der Waals surface area contributed by atoms with Crippen molar-refractivity contribution < 1.29 is 18.7 Å². The van der Waals surface area contributed by atoms with E-state index >= 15 is 0 Å². The van der Waals surface area contributed by atoms with E-state index < -0.39 is 0 Å². The number of unbranched alkanes of at least 4 members (excludes halogenated alkanes) is 1. The maximum Gasteiger partial charge on any atom is 0.276 e. The zero-order chi connectivity index (χ0) is 29.3. The second kappa shape index (κ2) is 12.0. The lowest BCUT2D eigenvalue weighted by molar-refractivity contribution is 0.0298. The number of methoxy groups -OCH3 is 1. The molecule has 1 saturated carbocycles. The summed E-state index contributed by atoms with van der Waals surface area (Å²) in [5.41, 5.74) is 8.97. The number of carbonyl (C=O) groups excluding carboxylic acids is 1. The predicted octanol–water partition coefficient (Wildman–Crippen LogP) is 7.72. The number of nitrogens with zero attached hydrogens (tertiary/aromatic N) is 3. The molecule has 0 atom stereocenters. The van der Waals surface area contributed by atoms with Gasteiger partial charge in [-0.05, 0) is 78.6 Å². The molecule has 3 aliphatic rings. The molecule has 2 aliphatic heterocycles. The Balaban J connectivity index is 1.43. The smallest absolute Gasteiger partial charge is 0.276 e. The summed E-state index contributed by atoms with van der Waals surface area (Å²) >= 11 is 0. The molecule has 2 fully saturated rings. The first-order valence-electron chi connectivity index (χ1n) is 16.0. The van der Waals surface area contributed by atoms with Gasteiger partial charge in [0.1, 0.15) is 5.75 Å². The molecular formula is C36H41N3O4. The van der Waals surface area contributed by atoms with E-state index in [0.717, 1.165) is 23.3 Å². The molecule has 1 saturated heterocycles. The van der Waals surface area contributed by atoms with Gasteiger partial charge in [0.15, 0.2) is 17.8 Å². The van der Waals surface area contributed by atoms with Crippen molar-refractivity contribution in [2.45, 2.75) is 70.8 Å². The maximum absolute atomic E-state index is 13.7. The minimum Gasteiger partial charge on any atom is -0.497 e. The van der Waals surface area contributed by atoms with Crippen molar-refractivity contribution in [1.82, 2.24) is 14.5 Å². The highest BCUT2D eigenvalue weighted by Gasteiger charge is 2.32. The van der Waals surface area contributed by atoms with Crippen LogP contribution in [0.2, 0.25) is 0 Å². The number of ether oxygens (including phenoxy) is 2. The van der Waals surface area contributed by atoms with Crippen LogP contribution < -0.4 is 4.74 Å². The number of allylic oxidation sites excluding steroid dienone is 1. The van der Waals surface area contributed by atoms with E-state index in [2.05, 4.69) is 58.9 Å². The van der Waals surface area contributed by atoms with Crippen molar-refractivity contribution in [2.75, 3.05) is 33.4 Å². The highest BCUT2D eigenvalue weighted by atomic mass is 16.5. The summed E-state index contributed by atoms with van der Waals surface area (Å²) in [6, 6.07) is 13.5. The third-order valence-electron chi connectivity index (χ3n) is 9.53. The number of oxazole rings is 1. The van der Waals surface area contributed by atoms with Crippen LogP contribution in [0, 0.1) is 0 Å². The Morgan fingerprint density at radius 3 is 2.70 bits per heavy atom. The van der Waals surface area contributed by atoms with Crippen molar-refractivity contribution in [3.8, 4) is 17.0 Å². The van der Waals surface area contributed by atoms with Gasteiger partial charge < -0.3 is 23.4 Å². The highest BCUT2D eigenvalue weighted by molar-refractivity contribution is 6.02. The van der Waals surface area contributed by atoms with Gasteiger partial charge in [-0.25, -0.2) is 4.98 Å². The van der Waals surface area contributed by atoms with Gasteiger partial charge in [0.25, 0.3) is 5.91 Å². The summed E-state index contributed by atoms with van der Waals surface area (Å²) in [7, 11) is 1.71. The first kappa shape index (κ1) is 28.0. The van der Waals surface area contributed by atoms with Crippen LogP contribution in [0.15, 0.2) is 47.2 Å². The molecule has 2 aromatic carbocycles. The van der Waals surface area contributed by atoms with Gasteiger partial charge in [0.2, 0.25) is 0 Å². The number of rotatable bonds is 7. The minimum absolute atomic E-state index is 0.106. The third kappa shape index (κ3) is 5.18. The molecule has 4 heterocycles. The van der Waals surface area contributed by atoms with E-state index in [4.69, 9.17) is 13.9 Å². The lowest BCUT2D eigenvalue weighted by atomic mass is 9.81. The Kier molecular flexibility index (Phi) is 7.83. The number of hydrogen-bond acceptors (Lipinski definition) is 5. The Labute approximate surface area is 253 Å². The van der Waals surface area contributed by atoms with Gasteiger partial charge in [0, 0.05) is 35.1 Å². The first-order valence-corrected chi connectivity index (χ1v) is 16.0. The second-order valence-corrected chi connectivity index (χ2v) is 12.2. The van der Waals surface area contributed by atoms with Gasteiger partial charge in [0.05, 0.1) is 32.6 Å². The predicted molar refractivity (Wildman–Crippen MR) is 169 cm³/mol. The second-order valence-electron chi connectivity index (χ2n) is 12.2. The van der Waals surface area contributed by atoms with E-state index in [1.54, 1.807) is 7.11 Å². The van der Waals surface area contributed by atoms with Crippen LogP contribution in [0.25, 0.3) is 33.8 Å². The van der Waals surface area contributed by atoms with E-state index in [1.165, 1.54) is 84.6 Å². The van der Waals surface area contributed by atoms with Gasteiger partial charge in [-0.15, -0.1) is 0 Å². The molecular weight excluding hydrogens is 538 g/mol. The third-order valence-corrected chi connectivity index (χ3v) is 9.53. The average Bonchev–Trinajstić information content (AvgIpc) is 3.62. The zero-order valence-electron chi connectivity index (χ0n) is 25.4. The van der Waals surface area contributed by atoms with Crippen molar-refractivity contribution in [3.05, 3.63) is 70.9 Å². The Morgan fingerprint density at radius 2 is 1.91 bits per heavy atom. The molecule has 1 amide bonds. The molecule has 1 aliphatic carbocycles. The van der Waals surface area contributed by atoms with E-state index in [1.807, 2.05) is 4.90 Å². The monoisotopic (exact) mass is 579 g/mol. The number of benzene rings is 2. The van der Waals surface area contributed by atoms with Crippen LogP contribution in [0.3, 0.4) is 0 Å². The summed E-state index contributed by atoms with van der Waals surface area (Å²) in [5.74, 6) is 1.77. The largest absolute Gasteiger partial charge is 0.497 e. The number of amides is 1. The van der Waals surface area contributed by atoms with Crippen LogP contribution >= 0.6 is 0 Å². The van der Waals surface area contributed by atoms with Crippen molar-refractivity contribution in [1.29, 1.82) is 0 Å². The molecule has 0 bridgehead atoms. The topological polar surface area (TPSA) is 69.7 Å². The Bertz CT molecular complexity index is 1670. The molecule has 7 nitrogen and oxygen atoms in total. The maximum atomic E-state index is 13.7. The number of morpholine rings is 1. The summed E-state index contributed by atoms with van der Waals surface area (Å²) < 4.78 is 19.7. The molecule has 0 radical (unpaired) electrons. The molecule has 0 N–H and O–H groups in total. The lowest BCUT2D eigenvalue weighted by Gasteiger charge is -2.26. The normalized spacial score (nSPS) is 17.3. The summed E-state index contributed by atoms with van der Waals surface area (Å²) in [5, 5.41) is 1.35. The molecule has 0 unspecified atom stereocenters. The number of aromatic nitrogens is 2. The van der Waals surface area contributed by atoms with Crippen molar-refractivity contribution >= 4 is 28.5 Å². The molecule has 43 heavy (non-hydrogen) atoms. The molecule has 7 rings (SSSR count). The molecule has 7 heteroatoms. The van der Waals surface area contributed by atoms with Gasteiger partial charge >= 0.3 is 0 Å². The van der Waals surface area contributed by atoms with Gasteiger partial charge in [-0.2, -0.15) is 0 Å². The minimum atomic E-state index is -0.106. The fraction of sp³-hybridized carbons (Fsp3) is 0.444. The van der Waals surface area contributed by atoms with E-state index in [0.29, 0.717) is 50.2 Å². The van der Waals surface area contributed by atoms with Crippen molar-refractivity contribution in [3.63, 3.8) is 0 Å². The average molecular weight is 580 g/mol. The summed E-state index contributed by atoms with van der Waals surface area (Å²) in [6.07, 6.45) is 13.3. The zero-order valence-corrected chi connectivity index (χ0v) is 25.4. The summed E-state index contributed by atoms with van der Waals surface area (Å²) in [4.78, 5) is 19.9. The SMILES string of the molecule is CCCCc1ccc2c(C3CCCCC3)c3n(c2c1)CC(c1ocnc1C(=O)N1CCOCC1)=Cc1cc(OC)ccc1-3. The van der Waals surface area contributed by atoms with E-state index in [9.17, 15) is 4.79 Å². The van der Waals surface area contributed by atoms with Crippen molar-refractivity contribution in [2.24, 2.45) is 0 Å². The number of hydrogen-bond donors (Lipinski definition) is 0. The van der Waals surface area contributed by atoms with Crippen LogP contribution in [-0.4, -0.2) is 53.8 Å². The fourth-order valence-electron chi connectivity index (χ4n) is 7.30. The lowest BCUT2D eigenvalue weighted by Crippen LogP contribution is -2.41. The Morgan fingerprint density at radius 1 is 1.07 bits per heavy atom. The number of carbonyl (C=O) groups is 1. The Hall–Kier alpha value is -3.84. The molecule has 0 spiro atoms. The van der Waals surface area contributed by atoms with Crippen LogP contribution in [0.1, 0.15) is 90.7 Å². The molecule has 224 valence electrons. The highest BCUT2D eigenvalue weighted by Crippen LogP contribution is 2.48. The van der Waals surface area contributed by atoms with Crippen LogP contribution in [0.4, 0.5) is 0 Å². The quantitative estimate of drug-likeness (QED) is 0.224.